The highest BCUT2D eigenvalue weighted by molar-refractivity contribution is 5.95. The predicted molar refractivity (Wildman–Crippen MR) is 95.8 cm³/mol. The van der Waals surface area contributed by atoms with Crippen LogP contribution in [0.25, 0.3) is 0 Å². The molecule has 2 aliphatic rings. The maximum absolute atomic E-state index is 12.7. The van der Waals surface area contributed by atoms with E-state index in [-0.39, 0.29) is 17.7 Å². The predicted octanol–water partition coefficient (Wildman–Crippen LogP) is 1.68. The highest BCUT2D eigenvalue weighted by Crippen LogP contribution is 2.41. The lowest BCUT2D eigenvalue weighted by molar-refractivity contribution is 0.0915. The summed E-state index contributed by atoms with van der Waals surface area (Å²) < 4.78 is 1.90. The number of carbonyl (C=O) groups is 1. The topological polar surface area (TPSA) is 92.9 Å². The third kappa shape index (κ3) is 3.35. The second kappa shape index (κ2) is 6.79. The number of hydrogen-bond donors (Lipinski definition) is 2. The van der Waals surface area contributed by atoms with Crippen LogP contribution in [-0.2, 0) is 7.05 Å². The molecular formula is C19H25N5O2. The summed E-state index contributed by atoms with van der Waals surface area (Å²) in [5.41, 5.74) is 2.54. The Morgan fingerprint density at radius 2 is 2.12 bits per heavy atom. The second-order valence-electron chi connectivity index (χ2n) is 7.67. The van der Waals surface area contributed by atoms with Crippen LogP contribution in [0.5, 0.6) is 0 Å². The van der Waals surface area contributed by atoms with Gasteiger partial charge >= 0.3 is 0 Å². The lowest BCUT2D eigenvalue weighted by Gasteiger charge is -2.16. The molecule has 2 aliphatic carbocycles. The molecule has 2 fully saturated rings. The van der Waals surface area contributed by atoms with E-state index in [0.29, 0.717) is 24.4 Å². The molecular weight excluding hydrogens is 330 g/mol. The van der Waals surface area contributed by atoms with Crippen LogP contribution in [0.1, 0.15) is 65.1 Å². The molecule has 0 aliphatic heterocycles. The Kier molecular flexibility index (Phi) is 4.48. The molecule has 0 aromatic carbocycles. The molecule has 1 amide bonds. The van der Waals surface area contributed by atoms with E-state index in [1.165, 1.54) is 0 Å². The second-order valence-corrected chi connectivity index (χ2v) is 7.67. The number of aliphatic hydroxyl groups excluding tert-OH is 1. The molecule has 3 atom stereocenters. The number of aryl methyl sites for hydroxylation is 2. The first-order valence-corrected chi connectivity index (χ1v) is 9.30. The third-order valence-corrected chi connectivity index (χ3v) is 5.57. The minimum Gasteiger partial charge on any atom is -0.393 e. The molecule has 0 saturated heterocycles. The highest BCUT2D eigenvalue weighted by atomic mass is 16.3. The fraction of sp³-hybridized carbons (Fsp3) is 0.579. The zero-order chi connectivity index (χ0) is 18.3. The van der Waals surface area contributed by atoms with E-state index in [4.69, 9.17) is 0 Å². The molecule has 7 nitrogen and oxygen atoms in total. The van der Waals surface area contributed by atoms with E-state index in [0.717, 1.165) is 36.5 Å². The number of hydrogen-bond acceptors (Lipinski definition) is 5. The molecule has 2 aromatic heterocycles. The lowest BCUT2D eigenvalue weighted by atomic mass is 10.0. The van der Waals surface area contributed by atoms with E-state index in [1.807, 2.05) is 30.7 Å². The van der Waals surface area contributed by atoms with Gasteiger partial charge < -0.3 is 15.0 Å². The van der Waals surface area contributed by atoms with Crippen LogP contribution in [-0.4, -0.2) is 43.4 Å². The van der Waals surface area contributed by atoms with Crippen LogP contribution in [0, 0.1) is 12.8 Å². The number of aliphatic hydroxyl groups is 1. The van der Waals surface area contributed by atoms with Crippen molar-refractivity contribution in [2.45, 2.75) is 50.5 Å². The summed E-state index contributed by atoms with van der Waals surface area (Å²) in [4.78, 5) is 17.3. The summed E-state index contributed by atoms with van der Waals surface area (Å²) in [7, 11) is 1.92. The van der Waals surface area contributed by atoms with Gasteiger partial charge in [0.25, 0.3) is 5.91 Å². The molecule has 2 saturated carbocycles. The Labute approximate surface area is 152 Å². The van der Waals surface area contributed by atoms with Crippen molar-refractivity contribution in [1.29, 1.82) is 0 Å². The first-order valence-electron chi connectivity index (χ1n) is 9.30. The number of pyridine rings is 1. The molecule has 26 heavy (non-hydrogen) atoms. The van der Waals surface area contributed by atoms with Gasteiger partial charge in [-0.1, -0.05) is 0 Å². The summed E-state index contributed by atoms with van der Waals surface area (Å²) in [6.45, 7) is 2.42. The average Bonchev–Trinajstić information content (AvgIpc) is 3.28. The van der Waals surface area contributed by atoms with E-state index in [2.05, 4.69) is 20.5 Å². The van der Waals surface area contributed by atoms with Crippen LogP contribution < -0.4 is 5.32 Å². The third-order valence-electron chi connectivity index (χ3n) is 5.57. The fourth-order valence-electron chi connectivity index (χ4n) is 3.95. The Bertz CT molecular complexity index is 814. The number of amides is 1. The van der Waals surface area contributed by atoms with Gasteiger partial charge in [-0.15, -0.1) is 10.2 Å². The van der Waals surface area contributed by atoms with Gasteiger partial charge in [0.1, 0.15) is 12.2 Å². The number of nitrogens with zero attached hydrogens (tertiary/aromatic N) is 4. The monoisotopic (exact) mass is 355 g/mol. The largest absolute Gasteiger partial charge is 0.393 e. The van der Waals surface area contributed by atoms with Crippen molar-refractivity contribution in [2.75, 3.05) is 6.54 Å². The standard InChI is InChI=1S/C19H25N5O2/c1-11-3-6-15(17(22-11)12-4-5-12)19(26)20-9-14-7-13(8-16(14)25)18-23-21-10-24(18)2/h3,6,10,12-14,16,25H,4-5,7-9H2,1-2H3,(H,20,26)/t13-,14+,16+/m0/s1. The fourth-order valence-corrected chi connectivity index (χ4v) is 3.95. The van der Waals surface area contributed by atoms with Crippen molar-refractivity contribution < 1.29 is 9.90 Å². The van der Waals surface area contributed by atoms with E-state index in [1.54, 1.807) is 6.33 Å². The van der Waals surface area contributed by atoms with Crippen molar-refractivity contribution in [3.63, 3.8) is 0 Å². The molecule has 4 rings (SSSR count). The maximum Gasteiger partial charge on any atom is 0.253 e. The zero-order valence-electron chi connectivity index (χ0n) is 15.2. The maximum atomic E-state index is 12.7. The van der Waals surface area contributed by atoms with E-state index < -0.39 is 6.10 Å². The van der Waals surface area contributed by atoms with Crippen LogP contribution in [0.2, 0.25) is 0 Å². The van der Waals surface area contributed by atoms with Crippen molar-refractivity contribution in [1.82, 2.24) is 25.1 Å². The molecule has 0 spiro atoms. The van der Waals surface area contributed by atoms with Gasteiger partial charge in [0.15, 0.2) is 0 Å². The Balaban J connectivity index is 1.40. The van der Waals surface area contributed by atoms with Crippen molar-refractivity contribution >= 4 is 5.91 Å². The minimum atomic E-state index is -0.434. The molecule has 7 heteroatoms. The summed E-state index contributed by atoms with van der Waals surface area (Å²) >= 11 is 0. The number of carbonyl (C=O) groups excluding carboxylic acids is 1. The Morgan fingerprint density at radius 1 is 1.31 bits per heavy atom. The van der Waals surface area contributed by atoms with Crippen molar-refractivity contribution in [3.05, 3.63) is 41.2 Å². The Hall–Kier alpha value is -2.28. The zero-order valence-corrected chi connectivity index (χ0v) is 15.2. The summed E-state index contributed by atoms with van der Waals surface area (Å²) in [5, 5.41) is 21.5. The van der Waals surface area contributed by atoms with Gasteiger partial charge in [-0.2, -0.15) is 0 Å². The summed E-state index contributed by atoms with van der Waals surface area (Å²) in [6, 6.07) is 3.76. The quantitative estimate of drug-likeness (QED) is 0.851. The Morgan fingerprint density at radius 3 is 2.81 bits per heavy atom. The molecule has 2 heterocycles. The van der Waals surface area contributed by atoms with Crippen LogP contribution in [0.15, 0.2) is 18.5 Å². The summed E-state index contributed by atoms with van der Waals surface area (Å²) in [6.07, 6.45) is 4.92. The van der Waals surface area contributed by atoms with Gasteiger partial charge in [-0.25, -0.2) is 0 Å². The van der Waals surface area contributed by atoms with E-state index in [9.17, 15) is 9.90 Å². The van der Waals surface area contributed by atoms with E-state index >= 15 is 0 Å². The van der Waals surface area contributed by atoms with Crippen LogP contribution >= 0.6 is 0 Å². The van der Waals surface area contributed by atoms with Gasteiger partial charge in [0, 0.05) is 37.0 Å². The van der Waals surface area contributed by atoms with Gasteiger partial charge in [0.05, 0.1) is 17.4 Å². The molecule has 2 N–H and O–H groups in total. The SMILES string of the molecule is Cc1ccc(C(=O)NC[C@H]2C[C@H](c3nncn3C)C[C@H]2O)c(C2CC2)n1. The number of aromatic nitrogens is 4. The molecule has 2 aromatic rings. The molecule has 0 bridgehead atoms. The van der Waals surface area contributed by atoms with Crippen LogP contribution in [0.3, 0.4) is 0 Å². The van der Waals surface area contributed by atoms with Crippen molar-refractivity contribution in [3.8, 4) is 0 Å². The number of nitrogens with one attached hydrogen (secondary N) is 1. The highest BCUT2D eigenvalue weighted by Gasteiger charge is 2.36. The molecule has 138 valence electrons. The first-order chi connectivity index (χ1) is 12.5. The molecule has 0 unspecified atom stereocenters. The van der Waals surface area contributed by atoms with Crippen molar-refractivity contribution in [2.24, 2.45) is 13.0 Å². The summed E-state index contributed by atoms with van der Waals surface area (Å²) in [5.74, 6) is 1.45. The smallest absolute Gasteiger partial charge is 0.253 e. The minimum absolute atomic E-state index is 0.0310. The lowest BCUT2D eigenvalue weighted by Crippen LogP contribution is -2.33. The first kappa shape index (κ1) is 17.1. The van der Waals surface area contributed by atoms with Gasteiger partial charge in [-0.3, -0.25) is 9.78 Å². The van der Waals surface area contributed by atoms with Gasteiger partial charge in [-0.05, 0) is 44.7 Å². The van der Waals surface area contributed by atoms with Gasteiger partial charge in [0.2, 0.25) is 0 Å². The van der Waals surface area contributed by atoms with Crippen LogP contribution in [0.4, 0.5) is 0 Å². The molecule has 0 radical (unpaired) electrons. The average molecular weight is 355 g/mol. The normalized spacial score (nSPS) is 25.4. The number of rotatable bonds is 5.